The third kappa shape index (κ3) is 5.84. The summed E-state index contributed by atoms with van der Waals surface area (Å²) in [7, 11) is 4.06. The minimum Gasteiger partial charge on any atom is -0.492 e. The normalized spacial score (nSPS) is 12.0. The summed E-state index contributed by atoms with van der Waals surface area (Å²) in [5, 5.41) is 12.5. The molecular formula is C28H32N3O5+. The van der Waals surface area contributed by atoms with Gasteiger partial charge in [-0.2, -0.15) is 4.98 Å². The fourth-order valence-corrected chi connectivity index (χ4v) is 3.62. The quantitative estimate of drug-likeness (QED) is 0.222. The number of carbonyl (C=O) groups is 1. The molecule has 8 heteroatoms. The van der Waals surface area contributed by atoms with E-state index in [1.165, 1.54) is 13.8 Å². The second-order valence-corrected chi connectivity index (χ2v) is 9.50. The SMILES string of the molecule is CC(C)(Oc1ccc(CNCCOc2cccc([N+](C)(C)c3nc4ccccc4o3)c2)cc1)C(=O)O. The molecule has 1 heterocycles. The van der Waals surface area contributed by atoms with Gasteiger partial charge in [-0.25, -0.2) is 9.28 Å². The van der Waals surface area contributed by atoms with E-state index in [0.29, 0.717) is 35.9 Å². The van der Waals surface area contributed by atoms with Crippen molar-refractivity contribution < 1.29 is 23.8 Å². The maximum absolute atomic E-state index is 11.2. The zero-order valence-corrected chi connectivity index (χ0v) is 21.0. The van der Waals surface area contributed by atoms with E-state index in [1.807, 2.05) is 74.8 Å². The van der Waals surface area contributed by atoms with Gasteiger partial charge in [-0.15, -0.1) is 0 Å². The fourth-order valence-electron chi connectivity index (χ4n) is 3.62. The van der Waals surface area contributed by atoms with Gasteiger partial charge in [0.1, 0.15) is 29.3 Å². The molecule has 0 spiro atoms. The van der Waals surface area contributed by atoms with Crippen LogP contribution in [0, 0.1) is 0 Å². The van der Waals surface area contributed by atoms with Crippen molar-refractivity contribution in [2.24, 2.45) is 0 Å². The van der Waals surface area contributed by atoms with E-state index >= 15 is 0 Å². The zero-order valence-electron chi connectivity index (χ0n) is 21.0. The maximum atomic E-state index is 11.2. The van der Waals surface area contributed by atoms with Gasteiger partial charge in [0, 0.05) is 19.2 Å². The highest BCUT2D eigenvalue weighted by Crippen LogP contribution is 2.34. The Labute approximate surface area is 210 Å². The van der Waals surface area contributed by atoms with Crippen LogP contribution in [0.3, 0.4) is 0 Å². The van der Waals surface area contributed by atoms with Crippen LogP contribution in [-0.4, -0.2) is 48.9 Å². The number of para-hydroxylation sites is 2. The third-order valence-corrected chi connectivity index (χ3v) is 5.91. The van der Waals surface area contributed by atoms with Crippen LogP contribution in [0.15, 0.2) is 77.2 Å². The van der Waals surface area contributed by atoms with E-state index in [9.17, 15) is 9.90 Å². The zero-order chi connectivity index (χ0) is 25.8. The molecule has 36 heavy (non-hydrogen) atoms. The largest absolute Gasteiger partial charge is 0.492 e. The van der Waals surface area contributed by atoms with E-state index in [0.717, 1.165) is 28.1 Å². The number of hydrogen-bond donors (Lipinski definition) is 2. The van der Waals surface area contributed by atoms with Gasteiger partial charge in [0.2, 0.25) is 0 Å². The Morgan fingerprint density at radius 3 is 2.50 bits per heavy atom. The molecule has 2 N–H and O–H groups in total. The van der Waals surface area contributed by atoms with Crippen molar-refractivity contribution in [3.05, 3.63) is 78.4 Å². The summed E-state index contributed by atoms with van der Waals surface area (Å²) in [6, 6.07) is 23.7. The van der Waals surface area contributed by atoms with Crippen molar-refractivity contribution in [1.82, 2.24) is 14.8 Å². The molecule has 0 radical (unpaired) electrons. The Hall–Kier alpha value is -3.88. The number of aliphatic carboxylic acids is 1. The topological polar surface area (TPSA) is 93.8 Å². The van der Waals surface area contributed by atoms with Gasteiger partial charge in [-0.05, 0) is 55.8 Å². The third-order valence-electron chi connectivity index (χ3n) is 5.91. The lowest BCUT2D eigenvalue weighted by atomic mass is 10.1. The van der Waals surface area contributed by atoms with Crippen molar-refractivity contribution in [3.8, 4) is 11.5 Å². The Kier molecular flexibility index (Phi) is 7.28. The van der Waals surface area contributed by atoms with Gasteiger partial charge < -0.3 is 24.3 Å². The van der Waals surface area contributed by atoms with Gasteiger partial charge in [0.05, 0.1) is 14.1 Å². The van der Waals surface area contributed by atoms with Crippen LogP contribution in [0.1, 0.15) is 19.4 Å². The summed E-state index contributed by atoms with van der Waals surface area (Å²) in [5.41, 5.74) is 2.40. The number of benzene rings is 3. The first-order valence-electron chi connectivity index (χ1n) is 11.8. The standard InChI is InChI=1S/C28H31N3O5/c1-28(2,26(32)33)36-22-14-12-20(13-15-22)19-29-16-17-34-23-9-7-8-21(18-23)31(3,4)27-30-24-10-5-6-11-25(24)35-27/h5-15,18,29H,16-17,19H2,1-4H3/p+1. The summed E-state index contributed by atoms with van der Waals surface area (Å²) in [5.74, 6) is 0.292. The lowest BCUT2D eigenvalue weighted by molar-refractivity contribution is -0.152. The van der Waals surface area contributed by atoms with Crippen molar-refractivity contribution in [3.63, 3.8) is 0 Å². The molecule has 0 aliphatic carbocycles. The molecule has 0 aliphatic heterocycles. The summed E-state index contributed by atoms with van der Waals surface area (Å²) in [6.07, 6.45) is 0. The summed E-state index contributed by atoms with van der Waals surface area (Å²) < 4.78 is 17.9. The molecule has 0 fully saturated rings. The van der Waals surface area contributed by atoms with Crippen LogP contribution in [-0.2, 0) is 11.3 Å². The monoisotopic (exact) mass is 490 g/mol. The molecule has 0 atom stereocenters. The summed E-state index contributed by atoms with van der Waals surface area (Å²) >= 11 is 0. The average molecular weight is 491 g/mol. The molecule has 3 aromatic carbocycles. The lowest BCUT2D eigenvalue weighted by Crippen LogP contribution is -2.37. The van der Waals surface area contributed by atoms with Crippen molar-refractivity contribution in [2.45, 2.75) is 26.0 Å². The second-order valence-electron chi connectivity index (χ2n) is 9.50. The molecule has 0 unspecified atom stereocenters. The number of oxazole rings is 1. The maximum Gasteiger partial charge on any atom is 0.409 e. The Balaban J connectivity index is 1.28. The van der Waals surface area contributed by atoms with Crippen LogP contribution in [0.25, 0.3) is 11.1 Å². The molecule has 1 aromatic heterocycles. The summed E-state index contributed by atoms with van der Waals surface area (Å²) in [4.78, 5) is 15.9. The number of nitrogens with one attached hydrogen (secondary N) is 1. The number of nitrogens with zero attached hydrogens (tertiary/aromatic N) is 2. The molecule has 0 bridgehead atoms. The van der Waals surface area contributed by atoms with E-state index in [4.69, 9.17) is 13.9 Å². The Bertz CT molecular complexity index is 1300. The number of ether oxygens (including phenoxy) is 2. The van der Waals surface area contributed by atoms with E-state index < -0.39 is 11.6 Å². The van der Waals surface area contributed by atoms with Crippen molar-refractivity contribution in [2.75, 3.05) is 27.2 Å². The van der Waals surface area contributed by atoms with Gasteiger partial charge in [-0.3, -0.25) is 0 Å². The highest BCUT2D eigenvalue weighted by molar-refractivity contribution is 5.77. The van der Waals surface area contributed by atoms with Crippen LogP contribution < -0.4 is 19.3 Å². The van der Waals surface area contributed by atoms with Gasteiger partial charge in [0.15, 0.2) is 11.2 Å². The molecular weight excluding hydrogens is 458 g/mol. The van der Waals surface area contributed by atoms with Gasteiger partial charge in [-0.1, -0.05) is 30.3 Å². The highest BCUT2D eigenvalue weighted by atomic mass is 16.5. The van der Waals surface area contributed by atoms with Gasteiger partial charge in [0.25, 0.3) is 0 Å². The molecule has 8 nitrogen and oxygen atoms in total. The molecule has 0 saturated heterocycles. The van der Waals surface area contributed by atoms with Gasteiger partial charge >= 0.3 is 12.0 Å². The molecule has 0 aliphatic rings. The first-order valence-corrected chi connectivity index (χ1v) is 11.8. The van der Waals surface area contributed by atoms with Crippen molar-refractivity contribution in [1.29, 1.82) is 0 Å². The highest BCUT2D eigenvalue weighted by Gasteiger charge is 2.30. The number of carboxylic acids is 1. The Morgan fingerprint density at radius 2 is 1.78 bits per heavy atom. The first kappa shape index (κ1) is 25.2. The number of quaternary nitrogens is 1. The smallest absolute Gasteiger partial charge is 0.409 e. The Morgan fingerprint density at radius 1 is 1.03 bits per heavy atom. The molecule has 188 valence electrons. The number of fused-ring (bicyclic) bond motifs is 1. The lowest BCUT2D eigenvalue weighted by Gasteiger charge is -2.24. The molecule has 0 amide bonds. The van der Waals surface area contributed by atoms with Crippen LogP contribution in [0.4, 0.5) is 11.7 Å². The number of hydrogen-bond acceptors (Lipinski definition) is 6. The van der Waals surface area contributed by atoms with Crippen LogP contribution in [0.5, 0.6) is 11.5 Å². The molecule has 4 rings (SSSR count). The van der Waals surface area contributed by atoms with E-state index in [-0.39, 0.29) is 0 Å². The van der Waals surface area contributed by atoms with Crippen LogP contribution in [0.2, 0.25) is 0 Å². The number of carboxylic acid groups (broad SMARTS) is 1. The molecule has 4 aromatic rings. The second kappa shape index (κ2) is 10.4. The predicted octanol–water partition coefficient (Wildman–Crippen LogP) is 5.14. The van der Waals surface area contributed by atoms with E-state index in [2.05, 4.69) is 10.3 Å². The first-order chi connectivity index (χ1) is 17.1. The summed E-state index contributed by atoms with van der Waals surface area (Å²) in [6.45, 7) is 4.88. The predicted molar refractivity (Wildman–Crippen MR) is 140 cm³/mol. The minimum atomic E-state index is -1.27. The average Bonchev–Trinajstić information content (AvgIpc) is 3.30. The van der Waals surface area contributed by atoms with Crippen LogP contribution >= 0.6 is 0 Å². The van der Waals surface area contributed by atoms with E-state index in [1.54, 1.807) is 12.1 Å². The number of aromatic nitrogens is 1. The van der Waals surface area contributed by atoms with Crippen molar-refractivity contribution >= 4 is 28.8 Å². The fraction of sp³-hybridized carbons (Fsp3) is 0.286. The number of rotatable bonds is 11. The minimum absolute atomic E-state index is 0.355. The molecule has 0 saturated carbocycles.